The fraction of sp³-hybridized carbons (Fsp3) is 0.923. The molecule has 0 amide bonds. The van der Waals surface area contributed by atoms with Crippen LogP contribution in [0.3, 0.4) is 0 Å². The van der Waals surface area contributed by atoms with E-state index >= 15 is 0 Å². The first-order chi connectivity index (χ1) is 15.1. The molecule has 0 bridgehead atoms. The van der Waals surface area contributed by atoms with Gasteiger partial charge in [0.2, 0.25) is 0 Å². The summed E-state index contributed by atoms with van der Waals surface area (Å²) in [6, 6.07) is 0. The van der Waals surface area contributed by atoms with Crippen LogP contribution >= 0.6 is 0 Å². The number of fused-ring (bicyclic) bond motifs is 5. The van der Waals surface area contributed by atoms with Crippen molar-refractivity contribution in [1.29, 1.82) is 0 Å². The van der Waals surface area contributed by atoms with Crippen LogP contribution in [0.25, 0.3) is 0 Å². The summed E-state index contributed by atoms with van der Waals surface area (Å²) in [5, 5.41) is 36.5. The van der Waals surface area contributed by atoms with Crippen molar-refractivity contribution in [1.82, 2.24) is 10.8 Å². The minimum Gasteiger partial charge on any atom is -0.396 e. The molecule has 0 aromatic heterocycles. The van der Waals surface area contributed by atoms with Crippen LogP contribution in [0.2, 0.25) is 0 Å². The molecule has 4 fully saturated rings. The van der Waals surface area contributed by atoms with Gasteiger partial charge in [-0.2, -0.15) is 0 Å². The van der Waals surface area contributed by atoms with Crippen molar-refractivity contribution in [2.75, 3.05) is 19.7 Å². The molecule has 3 saturated carbocycles. The largest absolute Gasteiger partial charge is 0.396 e. The summed E-state index contributed by atoms with van der Waals surface area (Å²) in [4.78, 5) is 6.04. The number of aliphatic hydroxyl groups is 3. The fourth-order valence-corrected chi connectivity index (χ4v) is 9.27. The van der Waals surface area contributed by atoms with Crippen molar-refractivity contribution in [3.8, 4) is 0 Å². The molecular formula is C26H44N2O4. The first-order valence-electron chi connectivity index (χ1n) is 12.9. The number of rotatable bonds is 4. The second-order valence-corrected chi connectivity index (χ2v) is 12.6. The summed E-state index contributed by atoms with van der Waals surface area (Å²) >= 11 is 0. The van der Waals surface area contributed by atoms with Crippen molar-refractivity contribution in [3.05, 3.63) is 11.8 Å². The zero-order chi connectivity index (χ0) is 22.9. The van der Waals surface area contributed by atoms with E-state index in [0.717, 1.165) is 57.3 Å². The van der Waals surface area contributed by atoms with Crippen LogP contribution in [0.15, 0.2) is 11.8 Å². The normalized spacial score (nSPS) is 52.0. The van der Waals surface area contributed by atoms with E-state index in [1.54, 1.807) is 0 Å². The molecule has 10 atom stereocenters. The average molecular weight is 449 g/mol. The van der Waals surface area contributed by atoms with E-state index < -0.39 is 6.10 Å². The lowest BCUT2D eigenvalue weighted by atomic mass is 9.39. The number of hydrogen-bond acceptors (Lipinski definition) is 6. The predicted octanol–water partition coefficient (Wildman–Crippen LogP) is 2.59. The van der Waals surface area contributed by atoms with Crippen LogP contribution in [-0.4, -0.2) is 53.3 Å². The van der Waals surface area contributed by atoms with Gasteiger partial charge in [0.05, 0.1) is 18.3 Å². The van der Waals surface area contributed by atoms with E-state index in [4.69, 9.17) is 4.84 Å². The van der Waals surface area contributed by atoms with Crippen LogP contribution in [-0.2, 0) is 4.84 Å². The fourth-order valence-electron chi connectivity index (χ4n) is 9.27. The van der Waals surface area contributed by atoms with Crippen molar-refractivity contribution < 1.29 is 20.2 Å². The first-order valence-corrected chi connectivity index (χ1v) is 12.9. The highest BCUT2D eigenvalue weighted by molar-refractivity contribution is 5.25. The number of hydroxylamine groups is 1. The second-order valence-electron chi connectivity index (χ2n) is 12.6. The maximum atomic E-state index is 11.8. The summed E-state index contributed by atoms with van der Waals surface area (Å²) in [5.41, 5.74) is 4.07. The molecule has 5 rings (SSSR count). The molecule has 6 heteroatoms. The van der Waals surface area contributed by atoms with Crippen LogP contribution < -0.4 is 10.8 Å². The molecule has 32 heavy (non-hydrogen) atoms. The maximum Gasteiger partial charge on any atom is 0.0989 e. The number of allylic oxidation sites excluding steroid dienone is 2. The van der Waals surface area contributed by atoms with E-state index in [2.05, 4.69) is 44.6 Å². The molecule has 0 aromatic rings. The van der Waals surface area contributed by atoms with Gasteiger partial charge in [-0.15, -0.1) is 0 Å². The highest BCUT2D eigenvalue weighted by atomic mass is 16.7. The van der Waals surface area contributed by atoms with Gasteiger partial charge in [-0.25, -0.2) is 0 Å². The van der Waals surface area contributed by atoms with E-state index in [1.165, 1.54) is 0 Å². The maximum absolute atomic E-state index is 11.8. The first kappa shape index (κ1) is 23.1. The molecule has 1 heterocycles. The Hall–Kier alpha value is -0.660. The Kier molecular flexibility index (Phi) is 5.73. The molecule has 5 aliphatic rings. The van der Waals surface area contributed by atoms with Crippen molar-refractivity contribution >= 4 is 0 Å². The summed E-state index contributed by atoms with van der Waals surface area (Å²) in [6.07, 6.45) is 7.58. The van der Waals surface area contributed by atoms with Gasteiger partial charge in [-0.05, 0) is 79.6 Å². The summed E-state index contributed by atoms with van der Waals surface area (Å²) in [6.45, 7) is 11.0. The molecule has 5 N–H and O–H groups in total. The Bertz CT molecular complexity index is 750. The molecular weight excluding hydrogens is 404 g/mol. The van der Waals surface area contributed by atoms with E-state index in [0.29, 0.717) is 11.8 Å². The Morgan fingerprint density at radius 3 is 2.50 bits per heavy atom. The van der Waals surface area contributed by atoms with E-state index in [9.17, 15) is 15.3 Å². The van der Waals surface area contributed by atoms with Gasteiger partial charge in [0, 0.05) is 30.2 Å². The van der Waals surface area contributed by atoms with E-state index in [-0.39, 0.29) is 52.8 Å². The van der Waals surface area contributed by atoms with Crippen molar-refractivity contribution in [2.24, 2.45) is 45.8 Å². The van der Waals surface area contributed by atoms with Gasteiger partial charge >= 0.3 is 0 Å². The molecule has 0 radical (unpaired) electrons. The summed E-state index contributed by atoms with van der Waals surface area (Å²) < 4.78 is 0. The Balaban J connectivity index is 1.47. The molecule has 4 aliphatic carbocycles. The lowest BCUT2D eigenvalue weighted by Crippen LogP contribution is -2.65. The van der Waals surface area contributed by atoms with Gasteiger partial charge in [-0.1, -0.05) is 33.8 Å². The molecule has 1 saturated heterocycles. The number of aliphatic hydroxyl groups excluding tert-OH is 3. The van der Waals surface area contributed by atoms with E-state index in [1.807, 2.05) is 0 Å². The van der Waals surface area contributed by atoms with Crippen LogP contribution in [0, 0.1) is 45.8 Å². The highest BCUT2D eigenvalue weighted by Crippen LogP contribution is 2.69. The Morgan fingerprint density at radius 2 is 1.81 bits per heavy atom. The third-order valence-electron chi connectivity index (χ3n) is 10.9. The monoisotopic (exact) mass is 448 g/mol. The lowest BCUT2D eigenvalue weighted by Gasteiger charge is -2.66. The van der Waals surface area contributed by atoms with Crippen LogP contribution in [0.1, 0.15) is 66.2 Å². The molecule has 0 spiro atoms. The van der Waals surface area contributed by atoms with Crippen molar-refractivity contribution in [3.63, 3.8) is 0 Å². The minimum atomic E-state index is -0.531. The molecule has 0 aromatic carbocycles. The third-order valence-corrected chi connectivity index (χ3v) is 10.9. The quantitative estimate of drug-likeness (QED) is 0.425. The average Bonchev–Trinajstić information content (AvgIpc) is 3.37. The van der Waals surface area contributed by atoms with Gasteiger partial charge in [0.1, 0.15) is 0 Å². The Labute approximate surface area is 193 Å². The number of hydrogen-bond donors (Lipinski definition) is 5. The van der Waals surface area contributed by atoms with Gasteiger partial charge in [-0.3, -0.25) is 10.3 Å². The topological polar surface area (TPSA) is 94.0 Å². The number of nitrogens with one attached hydrogen (secondary N) is 2. The van der Waals surface area contributed by atoms with Gasteiger partial charge < -0.3 is 20.6 Å². The zero-order valence-corrected chi connectivity index (χ0v) is 20.3. The third kappa shape index (κ3) is 3.16. The molecule has 1 unspecified atom stereocenters. The minimum absolute atomic E-state index is 0.000737. The standard InChI is InChI=1S/C26H44N2O4/c1-24(2)19(28-32-15-9-12-27-13-15)8-11-26(4)18-7-10-25(3)17(5-6-20(25)30)21(18)22(31)16(14-29)23(24)26/h8,15-18,20-23,27-31H,5-7,9-14H2,1-4H3/t15-,16+,17+,18+,20+,21+,22-,23?,25+,26-/m1/s1. The van der Waals surface area contributed by atoms with Crippen LogP contribution in [0.4, 0.5) is 0 Å². The molecule has 182 valence electrons. The predicted molar refractivity (Wildman–Crippen MR) is 123 cm³/mol. The van der Waals surface area contributed by atoms with Gasteiger partial charge in [0.15, 0.2) is 0 Å². The molecule has 6 nitrogen and oxygen atoms in total. The highest BCUT2D eigenvalue weighted by Gasteiger charge is 2.67. The SMILES string of the molecule is CC1(C)C(NO[C@@H]2CCNC2)=CC[C@@]2(C)C1[C@@H](CO)[C@@H](O)[C@H]1[C@@H]3CC[C@H](O)[C@@]3(C)CC[C@@H]12. The van der Waals surface area contributed by atoms with Crippen LogP contribution in [0.5, 0.6) is 0 Å². The Morgan fingerprint density at radius 1 is 1.06 bits per heavy atom. The van der Waals surface area contributed by atoms with Gasteiger partial charge in [0.25, 0.3) is 0 Å². The molecule has 1 aliphatic heterocycles. The summed E-state index contributed by atoms with van der Waals surface area (Å²) in [7, 11) is 0. The van der Waals surface area contributed by atoms with Crippen molar-refractivity contribution in [2.45, 2.75) is 84.5 Å². The zero-order valence-electron chi connectivity index (χ0n) is 20.3. The second kappa shape index (κ2) is 7.94. The lowest BCUT2D eigenvalue weighted by molar-refractivity contribution is -0.215. The smallest absolute Gasteiger partial charge is 0.0989 e. The summed E-state index contributed by atoms with van der Waals surface area (Å²) in [5.74, 6) is 0.886.